The number of hydrogen-bond acceptors (Lipinski definition) is 3. The highest BCUT2D eigenvalue weighted by atomic mass is 16.5. The maximum absolute atomic E-state index is 5.40. The van der Waals surface area contributed by atoms with E-state index in [1.165, 1.54) is 12.8 Å². The van der Waals surface area contributed by atoms with Gasteiger partial charge in [-0.3, -0.25) is 5.43 Å². The minimum Gasteiger partial charge on any atom is -0.383 e. The molecule has 0 bridgehead atoms. The number of nitrogens with one attached hydrogen (secondary N) is 2. The van der Waals surface area contributed by atoms with Crippen molar-refractivity contribution >= 4 is 5.96 Å². The van der Waals surface area contributed by atoms with Crippen LogP contribution in [0.2, 0.25) is 0 Å². The van der Waals surface area contributed by atoms with Gasteiger partial charge < -0.3 is 10.1 Å². The molecule has 1 atom stereocenters. The van der Waals surface area contributed by atoms with E-state index >= 15 is 0 Å². The molecule has 4 N–H and O–H groups in total. The molecule has 0 aliphatic carbocycles. The van der Waals surface area contributed by atoms with Gasteiger partial charge in [0.25, 0.3) is 0 Å². The first-order valence-electron chi connectivity index (χ1n) is 6.36. The lowest BCUT2D eigenvalue weighted by molar-refractivity contribution is 0.208. The second-order valence-electron chi connectivity index (χ2n) is 4.74. The van der Waals surface area contributed by atoms with Crippen molar-refractivity contribution in [2.45, 2.75) is 46.1 Å². The maximum atomic E-state index is 5.40. The SMILES string of the molecule is COCCN=C(NN)NC(C)CCCC(C)C. The number of ether oxygens (including phenoxy) is 1. The van der Waals surface area contributed by atoms with Crippen molar-refractivity contribution in [2.75, 3.05) is 20.3 Å². The molecular formula is C12H28N4O. The summed E-state index contributed by atoms with van der Waals surface area (Å²) in [4.78, 5) is 4.26. The highest BCUT2D eigenvalue weighted by Gasteiger charge is 2.04. The predicted octanol–water partition coefficient (Wildman–Crippen LogP) is 1.26. The fourth-order valence-corrected chi connectivity index (χ4v) is 1.52. The summed E-state index contributed by atoms with van der Waals surface area (Å²) in [6, 6.07) is 0.381. The second-order valence-corrected chi connectivity index (χ2v) is 4.74. The largest absolute Gasteiger partial charge is 0.383 e. The van der Waals surface area contributed by atoms with Gasteiger partial charge in [-0.05, 0) is 19.3 Å². The normalized spacial score (nSPS) is 13.9. The Kier molecular flexibility index (Phi) is 9.86. The number of methoxy groups -OCH3 is 1. The molecule has 1 unspecified atom stereocenters. The summed E-state index contributed by atoms with van der Waals surface area (Å²) < 4.78 is 4.93. The van der Waals surface area contributed by atoms with Crippen LogP contribution in [0.25, 0.3) is 0 Å². The quantitative estimate of drug-likeness (QED) is 0.198. The summed E-state index contributed by atoms with van der Waals surface area (Å²) in [5.74, 6) is 6.80. The highest BCUT2D eigenvalue weighted by molar-refractivity contribution is 5.79. The van der Waals surface area contributed by atoms with Crippen LogP contribution >= 0.6 is 0 Å². The molecule has 0 aliphatic rings. The Labute approximate surface area is 105 Å². The number of rotatable bonds is 8. The first-order valence-corrected chi connectivity index (χ1v) is 6.36. The average Bonchev–Trinajstić information content (AvgIpc) is 2.27. The minimum absolute atomic E-state index is 0.381. The number of guanidine groups is 1. The molecule has 0 fully saturated rings. The van der Waals surface area contributed by atoms with Crippen molar-refractivity contribution < 1.29 is 4.74 Å². The predicted molar refractivity (Wildman–Crippen MR) is 72.8 cm³/mol. The number of hydrogen-bond donors (Lipinski definition) is 3. The Bertz CT molecular complexity index is 207. The van der Waals surface area contributed by atoms with Crippen LogP contribution in [0.15, 0.2) is 4.99 Å². The van der Waals surface area contributed by atoms with Crippen LogP contribution in [0.3, 0.4) is 0 Å². The molecule has 0 aliphatic heterocycles. The molecule has 5 nitrogen and oxygen atoms in total. The fraction of sp³-hybridized carbons (Fsp3) is 0.917. The van der Waals surface area contributed by atoms with Crippen LogP contribution in [0.5, 0.6) is 0 Å². The molecule has 0 aromatic heterocycles. The van der Waals surface area contributed by atoms with Crippen LogP contribution in [0.4, 0.5) is 0 Å². The monoisotopic (exact) mass is 244 g/mol. The first-order chi connectivity index (χ1) is 8.10. The van der Waals surface area contributed by atoms with E-state index in [1.54, 1.807) is 7.11 Å². The summed E-state index contributed by atoms with van der Waals surface area (Å²) in [5, 5.41) is 3.26. The Morgan fingerprint density at radius 1 is 1.29 bits per heavy atom. The van der Waals surface area contributed by atoms with Crippen molar-refractivity contribution in [3.8, 4) is 0 Å². The van der Waals surface area contributed by atoms with Gasteiger partial charge in [-0.2, -0.15) is 0 Å². The van der Waals surface area contributed by atoms with Crippen LogP contribution in [-0.4, -0.2) is 32.3 Å². The molecule has 0 spiro atoms. The molecule has 0 radical (unpaired) electrons. The minimum atomic E-state index is 0.381. The lowest BCUT2D eigenvalue weighted by Crippen LogP contribution is -2.45. The van der Waals surface area contributed by atoms with Gasteiger partial charge in [0.05, 0.1) is 13.2 Å². The van der Waals surface area contributed by atoms with E-state index in [1.807, 2.05) is 0 Å². The zero-order valence-corrected chi connectivity index (χ0v) is 11.6. The van der Waals surface area contributed by atoms with E-state index in [2.05, 4.69) is 36.5 Å². The molecule has 0 heterocycles. The summed E-state index contributed by atoms with van der Waals surface area (Å²) in [6.45, 7) is 7.86. The number of hydrazine groups is 1. The first kappa shape index (κ1) is 16.2. The number of nitrogens with two attached hydrogens (primary N) is 1. The summed E-state index contributed by atoms with van der Waals surface area (Å²) in [6.07, 6.45) is 3.61. The van der Waals surface area contributed by atoms with E-state index in [9.17, 15) is 0 Å². The molecule has 0 aromatic carbocycles. The van der Waals surface area contributed by atoms with Crippen LogP contribution in [0.1, 0.15) is 40.0 Å². The standard InChI is InChI=1S/C12H28N4O/c1-10(2)6-5-7-11(3)15-12(16-13)14-8-9-17-4/h10-11H,5-9,13H2,1-4H3,(H2,14,15,16). The molecule has 102 valence electrons. The Hall–Kier alpha value is -0.810. The van der Waals surface area contributed by atoms with Crippen LogP contribution in [-0.2, 0) is 4.74 Å². The topological polar surface area (TPSA) is 71.7 Å². The maximum Gasteiger partial charge on any atom is 0.206 e. The molecule has 0 amide bonds. The van der Waals surface area contributed by atoms with Crippen molar-refractivity contribution in [3.05, 3.63) is 0 Å². The lowest BCUT2D eigenvalue weighted by Gasteiger charge is -2.16. The van der Waals surface area contributed by atoms with Gasteiger partial charge in [-0.1, -0.05) is 26.7 Å². The van der Waals surface area contributed by atoms with Crippen LogP contribution in [0, 0.1) is 5.92 Å². The van der Waals surface area contributed by atoms with Gasteiger partial charge in [0.15, 0.2) is 0 Å². The van der Waals surface area contributed by atoms with E-state index in [4.69, 9.17) is 10.6 Å². The van der Waals surface area contributed by atoms with Crippen molar-refractivity contribution in [3.63, 3.8) is 0 Å². The highest BCUT2D eigenvalue weighted by Crippen LogP contribution is 2.07. The van der Waals surface area contributed by atoms with Gasteiger partial charge in [0.1, 0.15) is 0 Å². The lowest BCUT2D eigenvalue weighted by atomic mass is 10.0. The molecular weight excluding hydrogens is 216 g/mol. The van der Waals surface area contributed by atoms with Crippen molar-refractivity contribution in [1.29, 1.82) is 0 Å². The van der Waals surface area contributed by atoms with E-state index in [-0.39, 0.29) is 0 Å². The third-order valence-electron chi connectivity index (χ3n) is 2.50. The Morgan fingerprint density at radius 3 is 2.53 bits per heavy atom. The summed E-state index contributed by atoms with van der Waals surface area (Å²) in [7, 11) is 1.66. The van der Waals surface area contributed by atoms with Crippen molar-refractivity contribution in [1.82, 2.24) is 10.7 Å². The van der Waals surface area contributed by atoms with Gasteiger partial charge in [-0.25, -0.2) is 10.8 Å². The molecule has 0 saturated heterocycles. The zero-order chi connectivity index (χ0) is 13.1. The van der Waals surface area contributed by atoms with E-state index in [0.717, 1.165) is 12.3 Å². The smallest absolute Gasteiger partial charge is 0.206 e. The van der Waals surface area contributed by atoms with Gasteiger partial charge in [0.2, 0.25) is 5.96 Å². The van der Waals surface area contributed by atoms with Gasteiger partial charge >= 0.3 is 0 Å². The fourth-order valence-electron chi connectivity index (χ4n) is 1.52. The molecule has 5 heteroatoms. The number of nitrogens with zero attached hydrogens (tertiary/aromatic N) is 1. The van der Waals surface area contributed by atoms with Crippen LogP contribution < -0.4 is 16.6 Å². The summed E-state index contributed by atoms with van der Waals surface area (Å²) in [5.41, 5.74) is 2.57. The zero-order valence-electron chi connectivity index (χ0n) is 11.6. The van der Waals surface area contributed by atoms with E-state index < -0.39 is 0 Å². The molecule has 17 heavy (non-hydrogen) atoms. The molecule has 0 saturated carbocycles. The van der Waals surface area contributed by atoms with Gasteiger partial charge in [-0.15, -0.1) is 0 Å². The van der Waals surface area contributed by atoms with Gasteiger partial charge in [0, 0.05) is 13.2 Å². The summed E-state index contributed by atoms with van der Waals surface area (Å²) >= 11 is 0. The third-order valence-corrected chi connectivity index (χ3v) is 2.50. The third kappa shape index (κ3) is 10.1. The second kappa shape index (κ2) is 10.4. The van der Waals surface area contributed by atoms with Crippen molar-refractivity contribution in [2.24, 2.45) is 16.8 Å². The molecule has 0 aromatic rings. The average molecular weight is 244 g/mol. The molecule has 0 rings (SSSR count). The van der Waals surface area contributed by atoms with E-state index in [0.29, 0.717) is 25.2 Å². The number of aliphatic imine (C=N–C) groups is 1. The Balaban J connectivity index is 3.80. The Morgan fingerprint density at radius 2 is 2.00 bits per heavy atom.